The van der Waals surface area contributed by atoms with E-state index in [2.05, 4.69) is 24.0 Å². The number of fused-ring (bicyclic) bond motifs is 7. The Hall–Kier alpha value is -3.14. The standard InChI is InChI=1S/C20H14N4/c1-11-10-14-13-6-5-9-21-17(13)19-20(18(14)22-12(11)2)24-16-8-4-3-7-15(16)23-19/h3-10H,1-2H3. The van der Waals surface area contributed by atoms with E-state index < -0.39 is 0 Å². The average Bonchev–Trinajstić information content (AvgIpc) is 2.62. The molecule has 0 saturated heterocycles. The second-order valence-electron chi connectivity index (χ2n) is 6.10. The van der Waals surface area contributed by atoms with Crippen molar-refractivity contribution in [1.82, 2.24) is 19.9 Å². The first-order valence-electron chi connectivity index (χ1n) is 7.93. The van der Waals surface area contributed by atoms with Crippen LogP contribution in [-0.4, -0.2) is 19.9 Å². The number of benzene rings is 2. The van der Waals surface area contributed by atoms with Gasteiger partial charge in [-0.15, -0.1) is 0 Å². The summed E-state index contributed by atoms with van der Waals surface area (Å²) in [6, 6.07) is 14.1. The second kappa shape index (κ2) is 4.68. The average molecular weight is 310 g/mol. The third kappa shape index (κ3) is 1.74. The largest absolute Gasteiger partial charge is 0.254 e. The topological polar surface area (TPSA) is 51.6 Å². The maximum absolute atomic E-state index is 4.86. The predicted octanol–water partition coefficient (Wildman–Crippen LogP) is 4.50. The van der Waals surface area contributed by atoms with Gasteiger partial charge in [0.2, 0.25) is 0 Å². The lowest BCUT2D eigenvalue weighted by Crippen LogP contribution is -1.96. The fourth-order valence-electron chi connectivity index (χ4n) is 3.23. The van der Waals surface area contributed by atoms with Crippen molar-refractivity contribution >= 4 is 43.9 Å². The monoisotopic (exact) mass is 310 g/mol. The van der Waals surface area contributed by atoms with Gasteiger partial charge in [-0.3, -0.25) is 9.97 Å². The van der Waals surface area contributed by atoms with E-state index in [9.17, 15) is 0 Å². The molecule has 24 heavy (non-hydrogen) atoms. The molecule has 4 heteroatoms. The van der Waals surface area contributed by atoms with E-state index in [0.29, 0.717) is 0 Å². The van der Waals surface area contributed by atoms with Crippen LogP contribution in [0.4, 0.5) is 0 Å². The quantitative estimate of drug-likeness (QED) is 0.312. The highest BCUT2D eigenvalue weighted by Gasteiger charge is 2.14. The number of hydrogen-bond donors (Lipinski definition) is 0. The number of hydrogen-bond acceptors (Lipinski definition) is 4. The van der Waals surface area contributed by atoms with E-state index in [0.717, 1.165) is 49.6 Å². The van der Waals surface area contributed by atoms with Crippen molar-refractivity contribution < 1.29 is 0 Å². The summed E-state index contributed by atoms with van der Waals surface area (Å²) in [5.74, 6) is 0. The van der Waals surface area contributed by atoms with E-state index in [1.54, 1.807) is 6.20 Å². The molecule has 0 spiro atoms. The van der Waals surface area contributed by atoms with Crippen molar-refractivity contribution in [2.75, 3.05) is 0 Å². The third-order valence-corrected chi connectivity index (χ3v) is 4.58. The summed E-state index contributed by atoms with van der Waals surface area (Å²) < 4.78 is 0. The first-order chi connectivity index (χ1) is 11.7. The Balaban J connectivity index is 2.15. The van der Waals surface area contributed by atoms with E-state index in [4.69, 9.17) is 15.0 Å². The number of nitrogens with zero attached hydrogens (tertiary/aromatic N) is 4. The fraction of sp³-hybridized carbons (Fsp3) is 0.100. The van der Waals surface area contributed by atoms with Crippen molar-refractivity contribution in [2.45, 2.75) is 13.8 Å². The molecule has 0 unspecified atom stereocenters. The molecular weight excluding hydrogens is 296 g/mol. The Morgan fingerprint density at radius 1 is 0.667 bits per heavy atom. The van der Waals surface area contributed by atoms with Crippen molar-refractivity contribution in [3.63, 3.8) is 0 Å². The van der Waals surface area contributed by atoms with E-state index in [1.165, 1.54) is 5.56 Å². The van der Waals surface area contributed by atoms with Crippen LogP contribution in [0.3, 0.4) is 0 Å². The Labute approximate surface area is 138 Å². The van der Waals surface area contributed by atoms with Crippen LogP contribution in [0, 0.1) is 13.8 Å². The lowest BCUT2D eigenvalue weighted by molar-refractivity contribution is 1.20. The molecule has 3 aromatic heterocycles. The molecule has 5 aromatic rings. The number of para-hydroxylation sites is 2. The highest BCUT2D eigenvalue weighted by molar-refractivity contribution is 6.21. The molecule has 2 aromatic carbocycles. The minimum atomic E-state index is 0.813. The second-order valence-corrected chi connectivity index (χ2v) is 6.10. The first kappa shape index (κ1) is 13.3. The van der Waals surface area contributed by atoms with Gasteiger partial charge in [-0.25, -0.2) is 9.97 Å². The van der Waals surface area contributed by atoms with Gasteiger partial charge in [0.25, 0.3) is 0 Å². The Morgan fingerprint density at radius 2 is 1.38 bits per heavy atom. The fourth-order valence-corrected chi connectivity index (χ4v) is 3.23. The number of rotatable bonds is 0. The lowest BCUT2D eigenvalue weighted by atomic mass is 10.0. The molecule has 114 valence electrons. The molecule has 0 atom stereocenters. The Morgan fingerprint density at radius 3 is 2.12 bits per heavy atom. The summed E-state index contributed by atoms with van der Waals surface area (Å²) in [5, 5.41) is 2.15. The van der Waals surface area contributed by atoms with Gasteiger partial charge in [-0.1, -0.05) is 18.2 Å². The van der Waals surface area contributed by atoms with Gasteiger partial charge in [0, 0.05) is 22.7 Å². The Bertz CT molecular complexity index is 1270. The zero-order chi connectivity index (χ0) is 16.3. The summed E-state index contributed by atoms with van der Waals surface area (Å²) in [7, 11) is 0. The maximum Gasteiger partial charge on any atom is 0.118 e. The molecule has 0 amide bonds. The van der Waals surface area contributed by atoms with Crippen molar-refractivity contribution in [3.05, 3.63) is 59.9 Å². The van der Waals surface area contributed by atoms with Crippen LogP contribution < -0.4 is 0 Å². The van der Waals surface area contributed by atoms with Crippen molar-refractivity contribution in [2.24, 2.45) is 0 Å². The van der Waals surface area contributed by atoms with Crippen molar-refractivity contribution in [1.29, 1.82) is 0 Å². The van der Waals surface area contributed by atoms with Crippen LogP contribution in [0.1, 0.15) is 11.3 Å². The molecule has 0 N–H and O–H groups in total. The molecule has 0 radical (unpaired) electrons. The van der Waals surface area contributed by atoms with E-state index in [-0.39, 0.29) is 0 Å². The molecule has 0 fully saturated rings. The van der Waals surface area contributed by atoms with Crippen LogP contribution in [0.25, 0.3) is 43.9 Å². The van der Waals surface area contributed by atoms with Gasteiger partial charge in [0.15, 0.2) is 0 Å². The van der Waals surface area contributed by atoms with Gasteiger partial charge in [0.1, 0.15) is 11.0 Å². The van der Waals surface area contributed by atoms with Crippen LogP contribution in [0.5, 0.6) is 0 Å². The van der Waals surface area contributed by atoms with Crippen LogP contribution in [0.2, 0.25) is 0 Å². The maximum atomic E-state index is 4.86. The summed E-state index contributed by atoms with van der Waals surface area (Å²) >= 11 is 0. The summed E-state index contributed by atoms with van der Waals surface area (Å²) in [6.07, 6.45) is 1.80. The lowest BCUT2D eigenvalue weighted by Gasteiger charge is -2.10. The molecular formula is C20H14N4. The zero-order valence-corrected chi connectivity index (χ0v) is 13.4. The predicted molar refractivity (Wildman–Crippen MR) is 97.1 cm³/mol. The highest BCUT2D eigenvalue weighted by Crippen LogP contribution is 2.32. The van der Waals surface area contributed by atoms with Gasteiger partial charge in [-0.05, 0) is 43.7 Å². The normalized spacial score (nSPS) is 11.8. The summed E-state index contributed by atoms with van der Waals surface area (Å²) in [4.78, 5) is 19.1. The van der Waals surface area contributed by atoms with Gasteiger partial charge in [-0.2, -0.15) is 0 Å². The molecule has 0 aliphatic carbocycles. The van der Waals surface area contributed by atoms with Gasteiger partial charge >= 0.3 is 0 Å². The molecule has 5 rings (SSSR count). The van der Waals surface area contributed by atoms with E-state index >= 15 is 0 Å². The molecule has 3 heterocycles. The minimum Gasteiger partial charge on any atom is -0.254 e. The summed E-state index contributed by atoms with van der Waals surface area (Å²) in [5.41, 5.74) is 7.34. The zero-order valence-electron chi connectivity index (χ0n) is 13.4. The molecule has 0 aliphatic heterocycles. The number of aromatic nitrogens is 4. The number of aryl methyl sites for hydroxylation is 2. The first-order valence-corrected chi connectivity index (χ1v) is 7.93. The van der Waals surface area contributed by atoms with Crippen LogP contribution in [-0.2, 0) is 0 Å². The van der Waals surface area contributed by atoms with Crippen LogP contribution >= 0.6 is 0 Å². The van der Waals surface area contributed by atoms with E-state index in [1.807, 2.05) is 37.3 Å². The number of pyridine rings is 2. The Kier molecular flexibility index (Phi) is 2.59. The summed E-state index contributed by atoms with van der Waals surface area (Å²) in [6.45, 7) is 4.11. The van der Waals surface area contributed by atoms with Crippen molar-refractivity contribution in [3.8, 4) is 0 Å². The highest BCUT2D eigenvalue weighted by atomic mass is 14.9. The molecule has 0 aliphatic rings. The molecule has 0 bridgehead atoms. The molecule has 0 saturated carbocycles. The van der Waals surface area contributed by atoms with Gasteiger partial charge in [0.05, 0.1) is 22.1 Å². The minimum absolute atomic E-state index is 0.813. The molecule has 4 nitrogen and oxygen atoms in total. The van der Waals surface area contributed by atoms with Gasteiger partial charge < -0.3 is 0 Å². The third-order valence-electron chi connectivity index (χ3n) is 4.58. The van der Waals surface area contributed by atoms with Crippen LogP contribution in [0.15, 0.2) is 48.7 Å². The SMILES string of the molecule is Cc1cc2c3cccnc3c3nc4ccccc4nc3c2nc1C. The smallest absolute Gasteiger partial charge is 0.118 e.